The van der Waals surface area contributed by atoms with Crippen molar-refractivity contribution in [1.82, 2.24) is 4.98 Å². The first-order valence-electron chi connectivity index (χ1n) is 8.39. The van der Waals surface area contributed by atoms with E-state index in [4.69, 9.17) is 0 Å². The van der Waals surface area contributed by atoms with Crippen molar-refractivity contribution in [2.45, 2.75) is 27.7 Å². The molecule has 1 heterocycles. The van der Waals surface area contributed by atoms with Gasteiger partial charge < -0.3 is 19.8 Å². The minimum atomic E-state index is 0. The van der Waals surface area contributed by atoms with Gasteiger partial charge >= 0.3 is 17.1 Å². The second kappa shape index (κ2) is 11.4. The average molecular weight is 414 g/mol. The molecule has 28 heavy (non-hydrogen) atoms. The van der Waals surface area contributed by atoms with E-state index in [1.165, 1.54) is 22.3 Å². The molecule has 0 aliphatic rings. The zero-order valence-corrected chi connectivity index (χ0v) is 18.6. The molecule has 0 saturated heterocycles. The van der Waals surface area contributed by atoms with Gasteiger partial charge in [-0.1, -0.05) is 48.5 Å². The number of aryl methyl sites for hydroxylation is 4. The van der Waals surface area contributed by atoms with E-state index in [1.54, 1.807) is 0 Å². The molecule has 4 heteroatoms. The van der Waals surface area contributed by atoms with Gasteiger partial charge in [0.25, 0.3) is 0 Å². The van der Waals surface area contributed by atoms with Crippen molar-refractivity contribution in [3.63, 3.8) is 0 Å². The fraction of sp³-hybridized carbons (Fsp3) is 0.167. The van der Waals surface area contributed by atoms with Gasteiger partial charge in [0.2, 0.25) is 0 Å². The molecule has 0 bridgehead atoms. The summed E-state index contributed by atoms with van der Waals surface area (Å²) in [4.78, 5) is 13.8. The third-order valence-electron chi connectivity index (χ3n) is 4.21. The van der Waals surface area contributed by atoms with E-state index < -0.39 is 0 Å². The third kappa shape index (κ3) is 6.05. The van der Waals surface area contributed by atoms with E-state index in [0.717, 1.165) is 22.8 Å². The Kier molecular flexibility index (Phi) is 10.4. The molecule has 0 N–H and O–H groups in total. The monoisotopic (exact) mass is 414 g/mol. The van der Waals surface area contributed by atoms with Crippen molar-refractivity contribution in [2.24, 2.45) is 9.98 Å². The maximum atomic E-state index is 4.60. The largest absolute Gasteiger partial charge is 3.00 e. The molecule has 0 aliphatic carbocycles. The summed E-state index contributed by atoms with van der Waals surface area (Å²) in [5.41, 5.74) is 8.36. The maximum Gasteiger partial charge on any atom is 3.00 e. The van der Waals surface area contributed by atoms with E-state index in [1.807, 2.05) is 36.7 Å². The van der Waals surface area contributed by atoms with Crippen LogP contribution in [0.1, 0.15) is 33.6 Å². The number of aromatic nitrogens is 1. The molecule has 0 saturated carbocycles. The molecule has 3 rings (SSSR count). The number of nitrogens with zero attached hydrogens (tertiary/aromatic N) is 3. The average Bonchev–Trinajstić information content (AvgIpc) is 3.02. The Hall–Kier alpha value is -2.42. The topological polar surface area (TPSA) is 38.8 Å². The van der Waals surface area contributed by atoms with Crippen LogP contribution in [0.4, 0.5) is 11.4 Å². The van der Waals surface area contributed by atoms with Crippen molar-refractivity contribution in [2.75, 3.05) is 0 Å². The Bertz CT molecular complexity index is 836. The Labute approximate surface area is 180 Å². The van der Waals surface area contributed by atoms with Crippen molar-refractivity contribution in [1.29, 1.82) is 0 Å². The summed E-state index contributed by atoms with van der Waals surface area (Å²) in [7, 11) is 0. The minimum absolute atomic E-state index is 0. The van der Waals surface area contributed by atoms with Gasteiger partial charge in [-0.25, -0.2) is 0 Å². The molecule has 0 amide bonds. The van der Waals surface area contributed by atoms with Crippen molar-refractivity contribution in [3.05, 3.63) is 97.0 Å². The second-order valence-electron chi connectivity index (χ2n) is 6.29. The van der Waals surface area contributed by atoms with Crippen LogP contribution in [-0.2, 0) is 17.1 Å². The molecular weight excluding hydrogens is 386 g/mol. The van der Waals surface area contributed by atoms with Gasteiger partial charge in [-0.2, -0.15) is 0 Å². The van der Waals surface area contributed by atoms with Gasteiger partial charge in [0.05, 0.1) is 11.4 Å². The zero-order chi connectivity index (χ0) is 17.8. The van der Waals surface area contributed by atoms with Crippen LogP contribution in [0.2, 0.25) is 0 Å². The quantitative estimate of drug-likeness (QED) is 0.281. The summed E-state index contributed by atoms with van der Waals surface area (Å²) in [6, 6.07) is 16.3. The van der Waals surface area contributed by atoms with Crippen LogP contribution in [-0.4, -0.2) is 12.4 Å². The molecule has 0 atom stereocenters. The zero-order valence-electron chi connectivity index (χ0n) is 17.5. The maximum absolute atomic E-state index is 4.60. The third-order valence-corrected chi connectivity index (χ3v) is 4.21. The Morgan fingerprint density at radius 2 is 0.929 bits per heavy atom. The molecule has 0 aliphatic heterocycles. The fourth-order valence-corrected chi connectivity index (χ4v) is 2.82. The Morgan fingerprint density at radius 3 is 1.25 bits per heavy atom. The van der Waals surface area contributed by atoms with Crippen molar-refractivity contribution in [3.8, 4) is 0 Å². The molecule has 0 fully saturated rings. The minimum Gasteiger partial charge on any atom is -0.655 e. The van der Waals surface area contributed by atoms with Crippen LogP contribution >= 0.6 is 0 Å². The molecule has 1 radical (unpaired) electrons. The van der Waals surface area contributed by atoms with Crippen LogP contribution in [0.3, 0.4) is 0 Å². The Morgan fingerprint density at radius 1 is 0.607 bits per heavy atom. The van der Waals surface area contributed by atoms with Crippen LogP contribution < -0.4 is 4.98 Å². The summed E-state index contributed by atoms with van der Waals surface area (Å²) in [5.74, 6) is 0. The number of benzene rings is 2. The Balaban J connectivity index is 0.00000243. The van der Waals surface area contributed by atoms with E-state index >= 15 is 0 Å². The molecule has 3 aromatic rings. The summed E-state index contributed by atoms with van der Waals surface area (Å²) in [6.45, 7) is 8.28. The number of aliphatic imine (C=N–C) groups is 2. The van der Waals surface area contributed by atoms with Crippen molar-refractivity contribution < 1.29 is 17.1 Å². The summed E-state index contributed by atoms with van der Waals surface area (Å²) in [5, 5.41) is 0. The van der Waals surface area contributed by atoms with Gasteiger partial charge in [-0.05, 0) is 49.9 Å². The van der Waals surface area contributed by atoms with Gasteiger partial charge in [-0.15, -0.1) is 11.4 Å². The van der Waals surface area contributed by atoms with E-state index in [9.17, 15) is 0 Å². The summed E-state index contributed by atoms with van der Waals surface area (Å²) in [6.07, 6.45) is 3.62. The fourth-order valence-electron chi connectivity index (χ4n) is 2.82. The van der Waals surface area contributed by atoms with Crippen LogP contribution in [0, 0.1) is 42.5 Å². The predicted molar refractivity (Wildman–Crippen MR) is 119 cm³/mol. The van der Waals surface area contributed by atoms with E-state index in [2.05, 4.69) is 66.9 Å². The number of hydrogen-bond donors (Lipinski definition) is 0. The van der Waals surface area contributed by atoms with Crippen molar-refractivity contribution >= 4 is 23.8 Å². The number of rotatable bonds is 4. The van der Waals surface area contributed by atoms with Crippen LogP contribution in [0.15, 0.2) is 58.5 Å². The second-order valence-corrected chi connectivity index (χ2v) is 6.29. The first-order chi connectivity index (χ1) is 12.0. The molecule has 0 unspecified atom stereocenters. The van der Waals surface area contributed by atoms with Gasteiger partial charge in [0, 0.05) is 12.4 Å². The molecule has 3 nitrogen and oxygen atoms in total. The van der Waals surface area contributed by atoms with E-state index in [-0.39, 0.29) is 31.9 Å². The number of hydrogen-bond acceptors (Lipinski definition) is 2. The molecular formula is C24H28FeN3. The van der Waals surface area contributed by atoms with Gasteiger partial charge in [0.1, 0.15) is 0 Å². The summed E-state index contributed by atoms with van der Waals surface area (Å²) < 4.78 is 0. The van der Waals surface area contributed by atoms with Crippen LogP contribution in [0.5, 0.6) is 0 Å². The molecule has 1 aromatic heterocycles. The molecule has 2 aromatic carbocycles. The standard InChI is InChI=1S/C22H22N3.2CH3.Fe/c1-15-7-5-8-16(2)21(15)23-13-19-11-12-20(25-19)14-24-22-17(3)9-6-10-18(22)4;;;/h5-14H,1-4H3;2*1H3;/q3*-1;+3. The molecule has 147 valence electrons. The SMILES string of the molecule is Cc1cccc(C)c1N=Cc1ccc(C=Nc2c(C)cccc2C)[n-]1.[CH3-].[CH3-].[Fe+3]. The normalized spacial score (nSPS) is 10.4. The van der Waals surface area contributed by atoms with E-state index in [0.29, 0.717) is 0 Å². The number of para-hydroxylation sites is 2. The van der Waals surface area contributed by atoms with Gasteiger partial charge in [0.15, 0.2) is 0 Å². The van der Waals surface area contributed by atoms with Crippen LogP contribution in [0.25, 0.3) is 0 Å². The predicted octanol–water partition coefficient (Wildman–Crippen LogP) is 6.28. The summed E-state index contributed by atoms with van der Waals surface area (Å²) >= 11 is 0. The first kappa shape index (κ1) is 25.6. The molecule has 0 spiro atoms. The first-order valence-corrected chi connectivity index (χ1v) is 8.39. The van der Waals surface area contributed by atoms with Gasteiger partial charge in [-0.3, -0.25) is 9.98 Å². The smallest absolute Gasteiger partial charge is 0.655 e.